The van der Waals surface area contributed by atoms with Crippen molar-refractivity contribution in [1.29, 1.82) is 0 Å². The van der Waals surface area contributed by atoms with Gasteiger partial charge in [-0.15, -0.1) is 0 Å². The summed E-state index contributed by atoms with van der Waals surface area (Å²) in [5.74, 6) is 2.35. The zero-order chi connectivity index (χ0) is 17.8. The lowest BCUT2D eigenvalue weighted by Crippen LogP contribution is -2.15. The van der Waals surface area contributed by atoms with Crippen molar-refractivity contribution < 1.29 is 4.42 Å². The van der Waals surface area contributed by atoms with Crippen LogP contribution < -0.4 is 11.1 Å². The zero-order valence-electron chi connectivity index (χ0n) is 14.3. The van der Waals surface area contributed by atoms with Gasteiger partial charge in [0, 0.05) is 11.8 Å². The third-order valence-electron chi connectivity index (χ3n) is 4.26. The van der Waals surface area contributed by atoms with Crippen LogP contribution in [0.1, 0.15) is 23.2 Å². The molecular weight excluding hydrogens is 324 g/mol. The van der Waals surface area contributed by atoms with Crippen LogP contribution in [0.15, 0.2) is 77.4 Å². The van der Waals surface area contributed by atoms with Gasteiger partial charge in [0.1, 0.15) is 23.4 Å². The summed E-state index contributed by atoms with van der Waals surface area (Å²) in [6.45, 7) is 0.512. The van der Waals surface area contributed by atoms with Gasteiger partial charge in [-0.05, 0) is 36.4 Å². The first kappa shape index (κ1) is 16.3. The highest BCUT2D eigenvalue weighted by molar-refractivity contribution is 5.89. The third-order valence-corrected chi connectivity index (χ3v) is 4.26. The lowest BCUT2D eigenvalue weighted by molar-refractivity contribution is 0.498. The Bertz CT molecular complexity index is 984. The van der Waals surface area contributed by atoms with E-state index in [4.69, 9.17) is 15.1 Å². The molecule has 1 atom stereocenters. The number of aromatic nitrogens is 2. The minimum absolute atomic E-state index is 0.143. The van der Waals surface area contributed by atoms with Crippen LogP contribution in [-0.2, 0) is 6.42 Å². The van der Waals surface area contributed by atoms with Gasteiger partial charge in [0.2, 0.25) is 0 Å². The highest BCUT2D eigenvalue weighted by Gasteiger charge is 2.19. The molecule has 5 heteroatoms. The second-order valence-corrected chi connectivity index (χ2v) is 6.05. The molecule has 0 aliphatic rings. The molecule has 0 saturated heterocycles. The van der Waals surface area contributed by atoms with Crippen molar-refractivity contribution in [1.82, 2.24) is 9.97 Å². The highest BCUT2D eigenvalue weighted by atomic mass is 16.3. The number of rotatable bonds is 6. The fourth-order valence-electron chi connectivity index (χ4n) is 3.03. The number of hydrogen-bond acceptors (Lipinski definition) is 5. The fourth-order valence-corrected chi connectivity index (χ4v) is 3.03. The lowest BCUT2D eigenvalue weighted by atomic mass is 10.0. The molecule has 2 aromatic heterocycles. The maximum absolute atomic E-state index is 5.71. The van der Waals surface area contributed by atoms with Crippen LogP contribution in [0.3, 0.4) is 0 Å². The summed E-state index contributed by atoms with van der Waals surface area (Å²) in [4.78, 5) is 9.34. The van der Waals surface area contributed by atoms with Crippen LogP contribution in [-0.4, -0.2) is 16.5 Å². The summed E-state index contributed by atoms with van der Waals surface area (Å²) in [6.07, 6.45) is 2.32. The van der Waals surface area contributed by atoms with Gasteiger partial charge in [-0.3, -0.25) is 0 Å². The molecule has 0 bridgehead atoms. The molecule has 0 aliphatic heterocycles. The molecule has 0 fully saturated rings. The quantitative estimate of drug-likeness (QED) is 0.554. The van der Waals surface area contributed by atoms with Crippen molar-refractivity contribution in [3.8, 4) is 0 Å². The van der Waals surface area contributed by atoms with Crippen molar-refractivity contribution in [2.24, 2.45) is 5.73 Å². The Morgan fingerprint density at radius 2 is 1.73 bits per heavy atom. The Morgan fingerprint density at radius 1 is 0.923 bits per heavy atom. The van der Waals surface area contributed by atoms with E-state index in [0.29, 0.717) is 13.0 Å². The van der Waals surface area contributed by atoms with Crippen molar-refractivity contribution in [3.05, 3.63) is 90.1 Å². The van der Waals surface area contributed by atoms with Crippen molar-refractivity contribution >= 4 is 16.7 Å². The number of hydrogen-bond donors (Lipinski definition) is 2. The van der Waals surface area contributed by atoms with Crippen molar-refractivity contribution in [2.75, 3.05) is 11.9 Å². The molecule has 5 nitrogen and oxygen atoms in total. The average Bonchev–Trinajstić information content (AvgIpc) is 3.21. The van der Waals surface area contributed by atoms with Crippen LogP contribution in [0.4, 0.5) is 5.82 Å². The van der Waals surface area contributed by atoms with E-state index in [9.17, 15) is 0 Å². The molecule has 2 heterocycles. The summed E-state index contributed by atoms with van der Waals surface area (Å²) >= 11 is 0. The molecule has 4 aromatic rings. The van der Waals surface area contributed by atoms with Crippen LogP contribution in [0, 0.1) is 0 Å². The van der Waals surface area contributed by atoms with Gasteiger partial charge < -0.3 is 15.5 Å². The Morgan fingerprint density at radius 3 is 2.50 bits per heavy atom. The SMILES string of the molecule is NCCc1nc(N[C@@H](c2ccccc2)c2ccco2)c2ccccc2n1. The minimum atomic E-state index is -0.143. The number of nitrogens with zero attached hydrogens (tertiary/aromatic N) is 2. The van der Waals surface area contributed by atoms with E-state index in [2.05, 4.69) is 22.4 Å². The molecule has 0 unspecified atom stereocenters. The lowest BCUT2D eigenvalue weighted by Gasteiger charge is -2.19. The van der Waals surface area contributed by atoms with Crippen molar-refractivity contribution in [2.45, 2.75) is 12.5 Å². The second kappa shape index (κ2) is 7.37. The van der Waals surface area contributed by atoms with Gasteiger partial charge >= 0.3 is 0 Å². The van der Waals surface area contributed by atoms with Crippen molar-refractivity contribution in [3.63, 3.8) is 0 Å². The number of anilines is 1. The van der Waals surface area contributed by atoms with Crippen LogP contribution >= 0.6 is 0 Å². The Hall–Kier alpha value is -3.18. The fraction of sp³-hybridized carbons (Fsp3) is 0.143. The third kappa shape index (κ3) is 3.30. The summed E-state index contributed by atoms with van der Waals surface area (Å²) in [6, 6.07) is 21.9. The minimum Gasteiger partial charge on any atom is -0.467 e. The number of benzene rings is 2. The standard InChI is InChI=1S/C21H20N4O/c22-13-12-19-23-17-10-5-4-9-16(17)21(24-19)25-20(18-11-6-14-26-18)15-7-2-1-3-8-15/h1-11,14,20H,12-13,22H2,(H,23,24,25)/t20-/m0/s1. The van der Waals surface area contributed by atoms with Crippen LogP contribution in [0.2, 0.25) is 0 Å². The van der Waals surface area contributed by atoms with Gasteiger partial charge in [-0.2, -0.15) is 0 Å². The largest absolute Gasteiger partial charge is 0.467 e. The van der Waals surface area contributed by atoms with Gasteiger partial charge in [0.05, 0.1) is 11.8 Å². The second-order valence-electron chi connectivity index (χ2n) is 6.05. The van der Waals surface area contributed by atoms with Gasteiger partial charge in [-0.25, -0.2) is 9.97 Å². The van der Waals surface area contributed by atoms with E-state index in [1.807, 2.05) is 54.6 Å². The van der Waals surface area contributed by atoms with E-state index in [1.54, 1.807) is 6.26 Å². The van der Waals surface area contributed by atoms with Gasteiger partial charge in [0.15, 0.2) is 0 Å². The predicted molar refractivity (Wildman–Crippen MR) is 103 cm³/mol. The van der Waals surface area contributed by atoms with E-state index < -0.39 is 0 Å². The highest BCUT2D eigenvalue weighted by Crippen LogP contribution is 2.29. The number of nitrogens with two attached hydrogens (primary N) is 1. The molecule has 0 aliphatic carbocycles. The molecule has 26 heavy (non-hydrogen) atoms. The van der Waals surface area contributed by atoms with E-state index in [0.717, 1.165) is 33.9 Å². The maximum atomic E-state index is 5.71. The summed E-state index contributed by atoms with van der Waals surface area (Å²) < 4.78 is 5.69. The number of fused-ring (bicyclic) bond motifs is 1. The molecule has 0 radical (unpaired) electrons. The molecule has 0 saturated carbocycles. The Kier molecular flexibility index (Phi) is 4.62. The van der Waals surface area contributed by atoms with Crippen LogP contribution in [0.25, 0.3) is 10.9 Å². The van der Waals surface area contributed by atoms with E-state index in [-0.39, 0.29) is 6.04 Å². The molecule has 4 rings (SSSR count). The Labute approximate surface area is 151 Å². The summed E-state index contributed by atoms with van der Waals surface area (Å²) in [5.41, 5.74) is 7.71. The molecule has 130 valence electrons. The predicted octanol–water partition coefficient (Wildman–Crippen LogP) is 3.93. The number of para-hydroxylation sites is 1. The first-order chi connectivity index (χ1) is 12.8. The zero-order valence-corrected chi connectivity index (χ0v) is 14.3. The smallest absolute Gasteiger partial charge is 0.138 e. The van der Waals surface area contributed by atoms with E-state index in [1.165, 1.54) is 0 Å². The van der Waals surface area contributed by atoms with E-state index >= 15 is 0 Å². The maximum Gasteiger partial charge on any atom is 0.138 e. The molecule has 2 aromatic carbocycles. The average molecular weight is 344 g/mol. The molecule has 0 spiro atoms. The Balaban J connectivity index is 1.80. The molecular formula is C21H20N4O. The van der Waals surface area contributed by atoms with Gasteiger partial charge in [0.25, 0.3) is 0 Å². The first-order valence-electron chi connectivity index (χ1n) is 8.66. The topological polar surface area (TPSA) is 77.0 Å². The summed E-state index contributed by atoms with van der Waals surface area (Å²) in [7, 11) is 0. The van der Waals surface area contributed by atoms with Crippen LogP contribution in [0.5, 0.6) is 0 Å². The molecule has 3 N–H and O–H groups in total. The summed E-state index contributed by atoms with van der Waals surface area (Å²) in [5, 5.41) is 4.53. The number of furan rings is 1. The normalized spacial score (nSPS) is 12.2. The van der Waals surface area contributed by atoms with Gasteiger partial charge in [-0.1, -0.05) is 42.5 Å². The first-order valence-corrected chi connectivity index (χ1v) is 8.66. The number of nitrogens with one attached hydrogen (secondary N) is 1. The molecule has 0 amide bonds. The monoisotopic (exact) mass is 344 g/mol.